The van der Waals surface area contributed by atoms with E-state index in [1.54, 1.807) is 13.2 Å². The van der Waals surface area contributed by atoms with Crippen LogP contribution in [0.1, 0.15) is 30.9 Å². The topological polar surface area (TPSA) is 86.2 Å². The third-order valence-corrected chi connectivity index (χ3v) is 5.07. The quantitative estimate of drug-likeness (QED) is 0.460. The molecular weight excluding hydrogens is 380 g/mol. The Kier molecular flexibility index (Phi) is 7.54. The van der Waals surface area contributed by atoms with E-state index in [0.29, 0.717) is 31.7 Å². The number of anilines is 1. The summed E-state index contributed by atoms with van der Waals surface area (Å²) >= 11 is 0. The Morgan fingerprint density at radius 1 is 1.20 bits per heavy atom. The molecule has 0 atom stereocenters. The largest absolute Gasteiger partial charge is 0.504 e. The average Bonchev–Trinajstić information content (AvgIpc) is 3.19. The van der Waals surface area contributed by atoms with Crippen molar-refractivity contribution in [3.05, 3.63) is 53.6 Å². The summed E-state index contributed by atoms with van der Waals surface area (Å²) in [6, 6.07) is 13.5. The molecular formula is C23H30N4O3. The molecule has 7 heteroatoms. The Morgan fingerprint density at radius 3 is 2.67 bits per heavy atom. The SMILES string of the molecule is CCNC(=NCc1ccc(N2CCCC2=O)cc1)NCCc1cccc(OC)c1O. The van der Waals surface area contributed by atoms with Gasteiger partial charge in [-0.05, 0) is 49.1 Å². The van der Waals surface area contributed by atoms with Crippen LogP contribution in [0.15, 0.2) is 47.5 Å². The highest BCUT2D eigenvalue weighted by molar-refractivity contribution is 5.95. The van der Waals surface area contributed by atoms with Crippen molar-refractivity contribution >= 4 is 17.6 Å². The molecule has 0 radical (unpaired) electrons. The molecule has 0 unspecified atom stereocenters. The fourth-order valence-electron chi connectivity index (χ4n) is 3.46. The first-order valence-corrected chi connectivity index (χ1v) is 10.4. The first-order chi connectivity index (χ1) is 14.6. The Bertz CT molecular complexity index is 881. The number of methoxy groups -OCH3 is 1. The van der Waals surface area contributed by atoms with E-state index in [-0.39, 0.29) is 11.7 Å². The van der Waals surface area contributed by atoms with Gasteiger partial charge in [-0.15, -0.1) is 0 Å². The lowest BCUT2D eigenvalue weighted by Crippen LogP contribution is -2.38. The summed E-state index contributed by atoms with van der Waals surface area (Å²) in [5.41, 5.74) is 2.85. The number of nitrogens with one attached hydrogen (secondary N) is 2. The second kappa shape index (κ2) is 10.5. The minimum absolute atomic E-state index is 0.181. The van der Waals surface area contributed by atoms with Crippen molar-refractivity contribution < 1.29 is 14.6 Å². The number of carbonyl (C=O) groups is 1. The van der Waals surface area contributed by atoms with Crippen molar-refractivity contribution in [1.82, 2.24) is 10.6 Å². The van der Waals surface area contributed by atoms with Gasteiger partial charge < -0.3 is 25.4 Å². The molecule has 1 aliphatic heterocycles. The number of phenolic OH excluding ortho intramolecular Hbond substituents is 1. The van der Waals surface area contributed by atoms with Crippen LogP contribution >= 0.6 is 0 Å². The zero-order chi connectivity index (χ0) is 21.3. The number of benzene rings is 2. The number of guanidine groups is 1. The van der Waals surface area contributed by atoms with E-state index in [1.165, 1.54) is 0 Å². The number of aliphatic imine (C=N–C) groups is 1. The van der Waals surface area contributed by atoms with Gasteiger partial charge in [0.25, 0.3) is 0 Å². The van der Waals surface area contributed by atoms with Crippen LogP contribution < -0.4 is 20.3 Å². The normalized spacial score (nSPS) is 14.1. The lowest BCUT2D eigenvalue weighted by Gasteiger charge is -2.16. The number of hydrogen-bond acceptors (Lipinski definition) is 4. The fraction of sp³-hybridized carbons (Fsp3) is 0.391. The third-order valence-electron chi connectivity index (χ3n) is 5.07. The molecule has 0 bridgehead atoms. The number of phenols is 1. The maximum Gasteiger partial charge on any atom is 0.227 e. The van der Waals surface area contributed by atoms with E-state index in [0.717, 1.165) is 42.3 Å². The summed E-state index contributed by atoms with van der Waals surface area (Å²) < 4.78 is 5.16. The Hall–Kier alpha value is -3.22. The Balaban J connectivity index is 1.56. The third kappa shape index (κ3) is 5.43. The van der Waals surface area contributed by atoms with Crippen molar-refractivity contribution in [2.75, 3.05) is 31.6 Å². The number of para-hydroxylation sites is 1. The van der Waals surface area contributed by atoms with Gasteiger partial charge in [0.05, 0.1) is 13.7 Å². The van der Waals surface area contributed by atoms with Crippen LogP contribution in [0, 0.1) is 0 Å². The first kappa shape index (κ1) is 21.5. The number of rotatable bonds is 8. The second-order valence-corrected chi connectivity index (χ2v) is 7.16. The van der Waals surface area contributed by atoms with Gasteiger partial charge in [0.1, 0.15) is 0 Å². The van der Waals surface area contributed by atoms with Gasteiger partial charge in [0, 0.05) is 31.7 Å². The van der Waals surface area contributed by atoms with E-state index in [1.807, 2.05) is 48.2 Å². The monoisotopic (exact) mass is 410 g/mol. The molecule has 30 heavy (non-hydrogen) atoms. The van der Waals surface area contributed by atoms with E-state index in [4.69, 9.17) is 4.74 Å². The van der Waals surface area contributed by atoms with Crippen LogP contribution in [0.4, 0.5) is 5.69 Å². The molecule has 3 N–H and O–H groups in total. The summed E-state index contributed by atoms with van der Waals surface area (Å²) in [5, 5.41) is 16.7. The van der Waals surface area contributed by atoms with Crippen LogP contribution in [-0.2, 0) is 17.8 Å². The van der Waals surface area contributed by atoms with Crippen LogP contribution in [0.2, 0.25) is 0 Å². The number of amides is 1. The van der Waals surface area contributed by atoms with Gasteiger partial charge >= 0.3 is 0 Å². The second-order valence-electron chi connectivity index (χ2n) is 7.16. The van der Waals surface area contributed by atoms with Crippen LogP contribution in [0.25, 0.3) is 0 Å². The number of ether oxygens (including phenoxy) is 1. The predicted molar refractivity (Wildman–Crippen MR) is 119 cm³/mol. The molecule has 0 saturated carbocycles. The molecule has 1 amide bonds. The zero-order valence-corrected chi connectivity index (χ0v) is 17.6. The van der Waals surface area contributed by atoms with Gasteiger partial charge in [-0.3, -0.25) is 4.79 Å². The summed E-state index contributed by atoms with van der Waals surface area (Å²) in [6.45, 7) is 4.74. The molecule has 7 nitrogen and oxygen atoms in total. The number of aromatic hydroxyl groups is 1. The minimum Gasteiger partial charge on any atom is -0.504 e. The molecule has 0 aliphatic carbocycles. The molecule has 1 saturated heterocycles. The zero-order valence-electron chi connectivity index (χ0n) is 17.6. The van der Waals surface area contributed by atoms with E-state index in [9.17, 15) is 9.90 Å². The number of hydrogen-bond donors (Lipinski definition) is 3. The Morgan fingerprint density at radius 2 is 2.00 bits per heavy atom. The van der Waals surface area contributed by atoms with E-state index in [2.05, 4.69) is 15.6 Å². The van der Waals surface area contributed by atoms with Gasteiger partial charge in [-0.2, -0.15) is 0 Å². The first-order valence-electron chi connectivity index (χ1n) is 10.4. The van der Waals surface area contributed by atoms with E-state index >= 15 is 0 Å². The van der Waals surface area contributed by atoms with Gasteiger partial charge in [-0.1, -0.05) is 24.3 Å². The van der Waals surface area contributed by atoms with Crippen molar-refractivity contribution in [3.63, 3.8) is 0 Å². The maximum atomic E-state index is 11.9. The van der Waals surface area contributed by atoms with E-state index < -0.39 is 0 Å². The molecule has 0 spiro atoms. The highest BCUT2D eigenvalue weighted by Gasteiger charge is 2.21. The summed E-state index contributed by atoms with van der Waals surface area (Å²) in [5.74, 6) is 1.58. The van der Waals surface area contributed by atoms with Gasteiger partial charge in [0.2, 0.25) is 5.91 Å². The molecule has 0 aromatic heterocycles. The average molecular weight is 411 g/mol. The fourth-order valence-corrected chi connectivity index (χ4v) is 3.46. The molecule has 2 aromatic carbocycles. The Labute approximate surface area is 177 Å². The van der Waals surface area contributed by atoms with Gasteiger partial charge in [-0.25, -0.2) is 4.99 Å². The molecule has 1 aliphatic rings. The predicted octanol–water partition coefficient (Wildman–Crippen LogP) is 2.83. The van der Waals surface area contributed by atoms with Crippen molar-refractivity contribution in [3.8, 4) is 11.5 Å². The van der Waals surface area contributed by atoms with Crippen molar-refractivity contribution in [1.29, 1.82) is 0 Å². The minimum atomic E-state index is 0.181. The van der Waals surface area contributed by atoms with Crippen LogP contribution in [0.5, 0.6) is 11.5 Å². The lowest BCUT2D eigenvalue weighted by atomic mass is 10.1. The summed E-state index contributed by atoms with van der Waals surface area (Å²) in [7, 11) is 1.54. The molecule has 1 fully saturated rings. The highest BCUT2D eigenvalue weighted by atomic mass is 16.5. The lowest BCUT2D eigenvalue weighted by molar-refractivity contribution is -0.117. The number of carbonyl (C=O) groups excluding carboxylic acids is 1. The molecule has 1 heterocycles. The molecule has 3 rings (SSSR count). The van der Waals surface area contributed by atoms with Gasteiger partial charge in [0.15, 0.2) is 17.5 Å². The smallest absolute Gasteiger partial charge is 0.227 e. The van der Waals surface area contributed by atoms with Crippen LogP contribution in [-0.4, -0.2) is 43.7 Å². The van der Waals surface area contributed by atoms with Crippen molar-refractivity contribution in [2.45, 2.75) is 32.7 Å². The summed E-state index contributed by atoms with van der Waals surface area (Å²) in [4.78, 5) is 18.4. The summed E-state index contributed by atoms with van der Waals surface area (Å²) in [6.07, 6.45) is 2.21. The highest BCUT2D eigenvalue weighted by Crippen LogP contribution is 2.29. The maximum absolute atomic E-state index is 11.9. The standard InChI is InChI=1S/C23H30N4O3/c1-3-24-23(25-14-13-18-6-4-7-20(30-2)22(18)29)26-16-17-9-11-19(12-10-17)27-15-5-8-21(27)28/h4,6-7,9-12,29H,3,5,8,13-16H2,1-2H3,(H2,24,25,26). The van der Waals surface area contributed by atoms with Crippen molar-refractivity contribution in [2.24, 2.45) is 4.99 Å². The van der Waals surface area contributed by atoms with Crippen LogP contribution in [0.3, 0.4) is 0 Å². The molecule has 160 valence electrons. The number of nitrogens with zero attached hydrogens (tertiary/aromatic N) is 2. The molecule has 2 aromatic rings.